The van der Waals surface area contributed by atoms with E-state index in [2.05, 4.69) is 13.0 Å². The summed E-state index contributed by atoms with van der Waals surface area (Å²) in [6.45, 7) is 5.38. The first-order valence-electron chi connectivity index (χ1n) is 12.6. The van der Waals surface area contributed by atoms with Gasteiger partial charge in [0.05, 0.1) is 27.9 Å². The molecular weight excluding hydrogens is 470 g/mol. The van der Waals surface area contributed by atoms with Crippen LogP contribution in [-0.4, -0.2) is 44.8 Å². The predicted molar refractivity (Wildman–Crippen MR) is 142 cm³/mol. The summed E-state index contributed by atoms with van der Waals surface area (Å²) in [7, 11) is 4.75. The summed E-state index contributed by atoms with van der Waals surface area (Å²) in [5.41, 5.74) is 3.80. The van der Waals surface area contributed by atoms with Gasteiger partial charge in [0.1, 0.15) is 6.61 Å². The van der Waals surface area contributed by atoms with Crippen LogP contribution in [0.15, 0.2) is 54.6 Å². The summed E-state index contributed by atoms with van der Waals surface area (Å²) < 4.78 is 28.5. The van der Waals surface area contributed by atoms with Crippen molar-refractivity contribution in [1.82, 2.24) is 4.90 Å². The average molecular weight is 506 g/mol. The molecule has 37 heavy (non-hydrogen) atoms. The number of fused-ring (bicyclic) bond motifs is 1. The summed E-state index contributed by atoms with van der Waals surface area (Å²) in [6.07, 6.45) is 1.55. The van der Waals surface area contributed by atoms with Crippen LogP contribution >= 0.6 is 0 Å². The van der Waals surface area contributed by atoms with Crippen LogP contribution in [-0.2, 0) is 19.6 Å². The Morgan fingerprint density at radius 3 is 2.08 bits per heavy atom. The third-order valence-corrected chi connectivity index (χ3v) is 6.69. The molecule has 1 aliphatic rings. The van der Waals surface area contributed by atoms with Crippen molar-refractivity contribution in [3.8, 4) is 28.7 Å². The van der Waals surface area contributed by atoms with Gasteiger partial charge in [0.2, 0.25) is 5.75 Å². The van der Waals surface area contributed by atoms with Crippen LogP contribution in [0.4, 0.5) is 0 Å². The van der Waals surface area contributed by atoms with E-state index in [0.717, 1.165) is 24.0 Å². The second kappa shape index (κ2) is 11.9. The number of rotatable bonds is 10. The predicted octanol–water partition coefficient (Wildman–Crippen LogP) is 5.67. The highest BCUT2D eigenvalue weighted by molar-refractivity contribution is 5.96. The molecule has 0 radical (unpaired) electrons. The van der Waals surface area contributed by atoms with Crippen LogP contribution in [0.1, 0.15) is 47.3 Å². The Morgan fingerprint density at radius 2 is 1.49 bits per heavy atom. The third-order valence-electron chi connectivity index (χ3n) is 6.69. The fourth-order valence-electron chi connectivity index (χ4n) is 4.72. The molecule has 0 aliphatic carbocycles. The summed E-state index contributed by atoms with van der Waals surface area (Å²) >= 11 is 0. The van der Waals surface area contributed by atoms with E-state index < -0.39 is 0 Å². The van der Waals surface area contributed by atoms with Crippen molar-refractivity contribution in [2.45, 2.75) is 45.9 Å². The molecule has 7 heteroatoms. The van der Waals surface area contributed by atoms with E-state index in [9.17, 15) is 4.79 Å². The van der Waals surface area contributed by atoms with Gasteiger partial charge in [0, 0.05) is 18.2 Å². The van der Waals surface area contributed by atoms with Crippen LogP contribution < -0.4 is 23.7 Å². The number of methoxy groups -OCH3 is 3. The van der Waals surface area contributed by atoms with Crippen molar-refractivity contribution in [3.05, 3.63) is 76.9 Å². The minimum atomic E-state index is -0.0829. The van der Waals surface area contributed by atoms with E-state index in [4.69, 9.17) is 23.7 Å². The summed E-state index contributed by atoms with van der Waals surface area (Å²) in [5, 5.41) is 0. The zero-order valence-electron chi connectivity index (χ0n) is 22.2. The van der Waals surface area contributed by atoms with Gasteiger partial charge in [0.25, 0.3) is 5.91 Å². The van der Waals surface area contributed by atoms with Crippen LogP contribution in [0.25, 0.3) is 0 Å². The molecule has 1 amide bonds. The molecule has 7 nitrogen and oxygen atoms in total. The van der Waals surface area contributed by atoms with Crippen molar-refractivity contribution in [3.63, 3.8) is 0 Å². The van der Waals surface area contributed by atoms with Crippen LogP contribution in [0.5, 0.6) is 28.7 Å². The van der Waals surface area contributed by atoms with E-state index in [1.807, 2.05) is 48.2 Å². The zero-order chi connectivity index (χ0) is 26.4. The van der Waals surface area contributed by atoms with Gasteiger partial charge in [-0.25, -0.2) is 0 Å². The normalized spacial score (nSPS) is 14.5. The van der Waals surface area contributed by atoms with Gasteiger partial charge in [-0.3, -0.25) is 4.79 Å². The lowest BCUT2D eigenvalue weighted by Crippen LogP contribution is -2.44. The van der Waals surface area contributed by atoms with Crippen LogP contribution in [0.3, 0.4) is 0 Å². The highest BCUT2D eigenvalue weighted by Gasteiger charge is 2.31. The van der Waals surface area contributed by atoms with Crippen molar-refractivity contribution in [2.24, 2.45) is 0 Å². The zero-order valence-corrected chi connectivity index (χ0v) is 22.2. The second-order valence-corrected chi connectivity index (χ2v) is 8.89. The van der Waals surface area contributed by atoms with Gasteiger partial charge in [0.15, 0.2) is 23.0 Å². The van der Waals surface area contributed by atoms with E-state index in [1.54, 1.807) is 33.5 Å². The Bertz CT molecular complexity index is 1200. The molecule has 0 bridgehead atoms. The molecule has 0 saturated carbocycles. The minimum Gasteiger partial charge on any atom is -0.493 e. The molecule has 4 rings (SSSR count). The Morgan fingerprint density at radius 1 is 0.838 bits per heavy atom. The Labute approximate surface area is 218 Å². The first-order valence-corrected chi connectivity index (χ1v) is 12.6. The van der Waals surface area contributed by atoms with Crippen LogP contribution in [0.2, 0.25) is 0 Å². The lowest BCUT2D eigenvalue weighted by atomic mass is 9.91. The van der Waals surface area contributed by atoms with Crippen molar-refractivity contribution in [2.75, 3.05) is 27.9 Å². The molecule has 1 unspecified atom stereocenters. The largest absolute Gasteiger partial charge is 0.493 e. The number of amides is 1. The van der Waals surface area contributed by atoms with Crippen molar-refractivity contribution < 1.29 is 28.5 Å². The minimum absolute atomic E-state index is 0.0407. The van der Waals surface area contributed by atoms with E-state index in [-0.39, 0.29) is 11.9 Å². The van der Waals surface area contributed by atoms with E-state index >= 15 is 0 Å². The number of benzene rings is 3. The maximum Gasteiger partial charge on any atom is 0.254 e. The molecule has 1 heterocycles. The van der Waals surface area contributed by atoms with Gasteiger partial charge in [-0.1, -0.05) is 37.3 Å². The number of carbonyl (C=O) groups excluding carboxylic acids is 1. The average Bonchev–Trinajstić information content (AvgIpc) is 2.95. The lowest BCUT2D eigenvalue weighted by molar-refractivity contribution is 0.0633. The smallest absolute Gasteiger partial charge is 0.254 e. The SMILES string of the molecule is CCOc1c(OC)cc(C(=O)N2Cc3cc(OC)c(OCc4ccccc4)cc3CC2CC)cc1OC. The highest BCUT2D eigenvalue weighted by Crippen LogP contribution is 2.40. The van der Waals surface area contributed by atoms with E-state index in [0.29, 0.717) is 54.1 Å². The molecule has 0 saturated heterocycles. The molecule has 196 valence electrons. The summed E-state index contributed by atoms with van der Waals surface area (Å²) in [4.78, 5) is 15.7. The molecule has 0 fully saturated rings. The van der Waals surface area contributed by atoms with Gasteiger partial charge in [-0.2, -0.15) is 0 Å². The van der Waals surface area contributed by atoms with Gasteiger partial charge in [-0.15, -0.1) is 0 Å². The number of carbonyl (C=O) groups is 1. The number of ether oxygens (including phenoxy) is 5. The number of hydrogen-bond donors (Lipinski definition) is 0. The highest BCUT2D eigenvalue weighted by atomic mass is 16.5. The fraction of sp³-hybridized carbons (Fsp3) is 0.367. The van der Waals surface area contributed by atoms with Crippen LogP contribution in [0, 0.1) is 0 Å². The maximum atomic E-state index is 13.8. The molecule has 3 aromatic carbocycles. The molecule has 3 aromatic rings. The summed E-state index contributed by atoms with van der Waals surface area (Å²) in [6, 6.07) is 17.6. The molecule has 1 aliphatic heterocycles. The molecule has 1 atom stereocenters. The van der Waals surface area contributed by atoms with Gasteiger partial charge in [-0.05, 0) is 60.7 Å². The summed E-state index contributed by atoms with van der Waals surface area (Å²) in [5.74, 6) is 2.71. The first kappa shape index (κ1) is 26.2. The quantitative estimate of drug-likeness (QED) is 0.354. The fourth-order valence-corrected chi connectivity index (χ4v) is 4.72. The van der Waals surface area contributed by atoms with Gasteiger partial charge >= 0.3 is 0 Å². The lowest BCUT2D eigenvalue weighted by Gasteiger charge is -2.37. The topological polar surface area (TPSA) is 66.5 Å². The van der Waals surface area contributed by atoms with Crippen molar-refractivity contribution in [1.29, 1.82) is 0 Å². The first-order chi connectivity index (χ1) is 18.0. The molecular formula is C30H35NO6. The monoisotopic (exact) mass is 505 g/mol. The molecule has 0 spiro atoms. The van der Waals surface area contributed by atoms with Gasteiger partial charge < -0.3 is 28.6 Å². The van der Waals surface area contributed by atoms with Crippen molar-refractivity contribution >= 4 is 5.91 Å². The second-order valence-electron chi connectivity index (χ2n) is 8.89. The maximum absolute atomic E-state index is 13.8. The third kappa shape index (κ3) is 5.61. The van der Waals surface area contributed by atoms with E-state index in [1.165, 1.54) is 5.56 Å². The Hall–Kier alpha value is -3.87. The Kier molecular flexibility index (Phi) is 8.43. The number of nitrogens with zero attached hydrogens (tertiary/aromatic N) is 1. The standard InChI is InChI=1S/C30H35NO6/c1-6-24-13-21-14-26(37-19-20-11-9-8-10-12-20)25(33-3)17-23(21)18-31(24)30(32)22-15-27(34-4)29(36-7-2)28(16-22)35-5/h8-12,14-17,24H,6-7,13,18-19H2,1-5H3. The number of hydrogen-bond acceptors (Lipinski definition) is 6. The Balaban J connectivity index is 1.62. The molecule has 0 aromatic heterocycles. The molecule has 0 N–H and O–H groups in total.